The third-order valence-corrected chi connectivity index (χ3v) is 15.5. The highest BCUT2D eigenvalue weighted by Gasteiger charge is 2.42. The third kappa shape index (κ3) is 7.31. The Morgan fingerprint density at radius 2 is 0.818 bits per heavy atom. The summed E-state index contributed by atoms with van der Waals surface area (Å²) in [5.41, 5.74) is 22.5. The van der Waals surface area contributed by atoms with E-state index in [1.165, 1.54) is 55.5 Å². The van der Waals surface area contributed by atoms with Gasteiger partial charge in [-0.1, -0.05) is 194 Å². The van der Waals surface area contributed by atoms with Gasteiger partial charge in [-0.3, -0.25) is 0 Å². The lowest BCUT2D eigenvalue weighted by Crippen LogP contribution is -2.61. The van der Waals surface area contributed by atoms with Crippen LogP contribution in [0.25, 0.3) is 83.9 Å². The largest absolute Gasteiger partial charge is 0.311 e. The fourth-order valence-corrected chi connectivity index (χ4v) is 12.1. The Hall–Kier alpha value is -10.1. The number of nitrogens with zero attached hydrogens (tertiary/aromatic N) is 6. The summed E-state index contributed by atoms with van der Waals surface area (Å²) in [4.78, 5) is 20.6. The maximum absolute atomic E-state index is 5.32. The zero-order chi connectivity index (χ0) is 51.0. The van der Waals surface area contributed by atoms with E-state index in [0.717, 1.165) is 67.0 Å². The van der Waals surface area contributed by atoms with Crippen LogP contribution >= 0.6 is 0 Å². The quantitative estimate of drug-likeness (QED) is 0.142. The van der Waals surface area contributed by atoms with Crippen molar-refractivity contribution in [3.8, 4) is 62.1 Å². The Bertz CT molecular complexity index is 4360. The fraction of sp³-hybridized carbons (Fsp3) is 0.0143. The van der Waals surface area contributed by atoms with Crippen LogP contribution in [-0.2, 0) is 0 Å². The van der Waals surface area contributed by atoms with Crippen molar-refractivity contribution in [3.05, 3.63) is 272 Å². The molecule has 0 aliphatic carbocycles. The van der Waals surface area contributed by atoms with Crippen molar-refractivity contribution in [3.63, 3.8) is 0 Å². The van der Waals surface area contributed by atoms with Gasteiger partial charge in [-0.15, -0.1) is 0 Å². The molecule has 0 atom stereocenters. The van der Waals surface area contributed by atoms with Gasteiger partial charge >= 0.3 is 0 Å². The van der Waals surface area contributed by atoms with Crippen LogP contribution in [0.5, 0.6) is 0 Å². The molecule has 360 valence electrons. The Morgan fingerprint density at radius 3 is 1.49 bits per heavy atom. The summed E-state index contributed by atoms with van der Waals surface area (Å²) < 4.78 is 2.42. The Morgan fingerprint density at radius 1 is 0.325 bits per heavy atom. The lowest BCUT2D eigenvalue weighted by atomic mass is 9.33. The van der Waals surface area contributed by atoms with Crippen LogP contribution in [0, 0.1) is 6.92 Å². The molecule has 4 heterocycles. The van der Waals surface area contributed by atoms with Crippen LogP contribution in [0.3, 0.4) is 0 Å². The molecule has 11 aromatic carbocycles. The number of para-hydroxylation sites is 5. The highest BCUT2D eigenvalue weighted by molar-refractivity contribution is 7.00. The minimum absolute atomic E-state index is 0.0869. The van der Waals surface area contributed by atoms with Gasteiger partial charge in [0, 0.05) is 67.2 Å². The molecular weight excluding hydrogens is 936 g/mol. The number of aromatic nitrogens is 4. The van der Waals surface area contributed by atoms with Crippen molar-refractivity contribution in [1.82, 2.24) is 19.5 Å². The van der Waals surface area contributed by atoms with E-state index in [2.05, 4.69) is 252 Å². The number of hydrogen-bond acceptors (Lipinski definition) is 5. The number of aryl methyl sites for hydroxylation is 1. The van der Waals surface area contributed by atoms with E-state index < -0.39 is 0 Å². The van der Waals surface area contributed by atoms with E-state index in [0.29, 0.717) is 17.5 Å². The van der Waals surface area contributed by atoms with Crippen LogP contribution in [-0.4, -0.2) is 26.2 Å². The molecule has 2 aliphatic rings. The molecule has 0 spiro atoms. The summed E-state index contributed by atoms with van der Waals surface area (Å²) in [6.07, 6.45) is 0. The van der Waals surface area contributed by atoms with Gasteiger partial charge < -0.3 is 14.4 Å². The molecule has 7 heteroatoms. The second kappa shape index (κ2) is 18.1. The molecule has 13 aromatic rings. The van der Waals surface area contributed by atoms with Crippen molar-refractivity contribution in [2.75, 3.05) is 9.80 Å². The van der Waals surface area contributed by atoms with Gasteiger partial charge in [0.25, 0.3) is 6.71 Å². The highest BCUT2D eigenvalue weighted by Crippen LogP contribution is 2.46. The Kier molecular flexibility index (Phi) is 10.4. The van der Waals surface area contributed by atoms with Gasteiger partial charge in [0.15, 0.2) is 17.5 Å². The monoisotopic (exact) mass is 982 g/mol. The molecule has 0 saturated carbocycles. The van der Waals surface area contributed by atoms with E-state index in [-0.39, 0.29) is 6.71 Å². The summed E-state index contributed by atoms with van der Waals surface area (Å²) in [5, 5.41) is 2.38. The van der Waals surface area contributed by atoms with Crippen molar-refractivity contribution < 1.29 is 0 Å². The summed E-state index contributed by atoms with van der Waals surface area (Å²) >= 11 is 0. The molecule has 15 rings (SSSR count). The minimum atomic E-state index is 0.0869. The number of benzene rings is 11. The maximum Gasteiger partial charge on any atom is 0.252 e. The normalized spacial score (nSPS) is 12.4. The van der Waals surface area contributed by atoms with Crippen LogP contribution in [0.1, 0.15) is 5.56 Å². The van der Waals surface area contributed by atoms with Crippen molar-refractivity contribution >= 4 is 79.0 Å². The van der Waals surface area contributed by atoms with E-state index in [4.69, 9.17) is 15.0 Å². The second-order valence-electron chi connectivity index (χ2n) is 20.0. The zero-order valence-corrected chi connectivity index (χ0v) is 42.2. The Labute approximate surface area is 447 Å². The average molecular weight is 983 g/mol. The lowest BCUT2D eigenvalue weighted by Gasteiger charge is -2.44. The molecule has 0 fully saturated rings. The molecule has 0 amide bonds. The third-order valence-electron chi connectivity index (χ3n) is 15.5. The van der Waals surface area contributed by atoms with Crippen molar-refractivity contribution in [1.29, 1.82) is 0 Å². The predicted molar refractivity (Wildman–Crippen MR) is 320 cm³/mol. The first-order valence-corrected chi connectivity index (χ1v) is 26.3. The molecule has 2 aliphatic heterocycles. The fourth-order valence-electron chi connectivity index (χ4n) is 12.1. The van der Waals surface area contributed by atoms with Crippen molar-refractivity contribution in [2.24, 2.45) is 0 Å². The Balaban J connectivity index is 0.882. The number of anilines is 6. The van der Waals surface area contributed by atoms with Crippen LogP contribution in [0.4, 0.5) is 34.1 Å². The molecule has 0 N–H and O–H groups in total. The van der Waals surface area contributed by atoms with E-state index >= 15 is 0 Å². The first-order valence-electron chi connectivity index (χ1n) is 26.3. The van der Waals surface area contributed by atoms with Gasteiger partial charge in [-0.2, -0.15) is 0 Å². The summed E-state index contributed by atoms with van der Waals surface area (Å²) in [5.74, 6) is 1.84. The topological polar surface area (TPSA) is 50.1 Å². The summed E-state index contributed by atoms with van der Waals surface area (Å²) in [6.45, 7) is 2.25. The smallest absolute Gasteiger partial charge is 0.252 e. The van der Waals surface area contributed by atoms with Crippen molar-refractivity contribution in [2.45, 2.75) is 6.92 Å². The van der Waals surface area contributed by atoms with Crippen LogP contribution in [0.2, 0.25) is 0 Å². The molecule has 0 bridgehead atoms. The molecule has 0 radical (unpaired) electrons. The van der Waals surface area contributed by atoms with Gasteiger partial charge in [0.05, 0.1) is 16.7 Å². The average Bonchev–Trinajstić information content (AvgIpc) is 3.94. The van der Waals surface area contributed by atoms with Gasteiger partial charge in [-0.05, 0) is 119 Å². The highest BCUT2D eigenvalue weighted by atomic mass is 15.2. The number of fused-ring (bicyclic) bond motifs is 7. The lowest BCUT2D eigenvalue weighted by molar-refractivity contribution is 1.06. The number of hydrogen-bond donors (Lipinski definition) is 0. The zero-order valence-electron chi connectivity index (χ0n) is 42.2. The molecule has 0 saturated heterocycles. The number of rotatable bonds is 8. The molecule has 6 nitrogen and oxygen atoms in total. The second-order valence-corrected chi connectivity index (χ2v) is 20.0. The minimum Gasteiger partial charge on any atom is -0.311 e. The molecule has 77 heavy (non-hydrogen) atoms. The van der Waals surface area contributed by atoms with E-state index in [9.17, 15) is 0 Å². The first-order chi connectivity index (χ1) is 38.1. The van der Waals surface area contributed by atoms with Gasteiger partial charge in [-0.25, -0.2) is 15.0 Å². The van der Waals surface area contributed by atoms with Gasteiger partial charge in [0.2, 0.25) is 0 Å². The summed E-state index contributed by atoms with van der Waals surface area (Å²) in [7, 11) is 0. The van der Waals surface area contributed by atoms with E-state index in [1.807, 2.05) is 36.4 Å². The molecule has 2 aromatic heterocycles. The van der Waals surface area contributed by atoms with Crippen LogP contribution < -0.4 is 26.2 Å². The maximum atomic E-state index is 5.32. The SMILES string of the molecule is Cc1ccc2c(c1)c1ccccc1n2-c1c(-c2cccc(-c3ccc(N4c5ccccc5B5c6ccccc6N(c6ccccc6)c6cccc4c65)cc3)c2)cccc1-c1nc(-c2ccccc2)nc(-c2ccccc2)n1. The van der Waals surface area contributed by atoms with Crippen LogP contribution in [0.15, 0.2) is 267 Å². The predicted octanol–water partition coefficient (Wildman–Crippen LogP) is 15.7. The van der Waals surface area contributed by atoms with E-state index in [1.54, 1.807) is 0 Å². The van der Waals surface area contributed by atoms with Gasteiger partial charge in [0.1, 0.15) is 0 Å². The molecule has 0 unspecified atom stereocenters. The standard InChI is InChI=1S/C70H47BN6/c1-46-38-43-61-57(44-46)55-28-11-14-33-60(55)77(61)67-54(29-18-30-56(67)70-73-68(48-20-5-2-6-21-48)72-69(74-70)49-22-7-3-8-23-49)51-25-17-24-50(45-51)47-39-41-53(42-40-47)76-63-35-16-13-32-59(63)71-58-31-12-15-34-62(58)75(52-26-9-4-10-27-52)64-36-19-37-65(76)66(64)71/h2-45H,1H3. The first kappa shape index (κ1) is 44.4. The molecular formula is C70H47BN6. The summed E-state index contributed by atoms with van der Waals surface area (Å²) in [6, 6.07) is 95.9.